The Morgan fingerprint density at radius 3 is 1.24 bits per heavy atom. The van der Waals surface area contributed by atoms with Gasteiger partial charge in [0.25, 0.3) is 0 Å². The Kier molecular flexibility index (Phi) is 15.8. The average molecular weight is 473 g/mol. The number of ether oxygens (including phenoxy) is 4. The molecule has 0 heterocycles. The van der Waals surface area contributed by atoms with Crippen LogP contribution in [0.5, 0.6) is 0 Å². The molecule has 0 aliphatic rings. The van der Waals surface area contributed by atoms with Gasteiger partial charge in [0.05, 0.1) is 26.4 Å². The molecule has 0 spiro atoms. The van der Waals surface area contributed by atoms with E-state index < -0.39 is 10.8 Å². The Balaban J connectivity index is 3.53. The number of esters is 2. The van der Waals surface area contributed by atoms with Crippen LogP contribution in [0.4, 0.5) is 0 Å². The third-order valence-electron chi connectivity index (χ3n) is 5.49. The van der Waals surface area contributed by atoms with Crippen LogP contribution >= 0.6 is 0 Å². The number of carbonyl (C=O) groups excluding carboxylic acids is 4. The van der Waals surface area contributed by atoms with Crippen LogP contribution in [-0.4, -0.2) is 63.1 Å². The fourth-order valence-corrected chi connectivity index (χ4v) is 2.39. The van der Waals surface area contributed by atoms with Gasteiger partial charge in [-0.15, -0.1) is 0 Å². The smallest absolute Gasteiger partial charge is 0.305 e. The summed E-state index contributed by atoms with van der Waals surface area (Å²) < 4.78 is 21.3. The van der Waals surface area contributed by atoms with Crippen LogP contribution in [0.15, 0.2) is 0 Å². The quantitative estimate of drug-likeness (QED) is 0.193. The van der Waals surface area contributed by atoms with Gasteiger partial charge < -0.3 is 18.9 Å². The fourth-order valence-electron chi connectivity index (χ4n) is 2.39. The zero-order valence-corrected chi connectivity index (χ0v) is 21.5. The number of hydrogen-bond donors (Lipinski definition) is 0. The van der Waals surface area contributed by atoms with E-state index in [-0.39, 0.29) is 36.3 Å². The lowest BCUT2D eigenvalue weighted by molar-refractivity contribution is -0.144. The van der Waals surface area contributed by atoms with Crippen molar-refractivity contribution in [2.45, 2.75) is 86.5 Å². The van der Waals surface area contributed by atoms with E-state index in [2.05, 4.69) is 0 Å². The third kappa shape index (κ3) is 16.5. The lowest BCUT2D eigenvalue weighted by atomic mass is 9.90. The van der Waals surface area contributed by atoms with E-state index in [1.807, 2.05) is 27.7 Å². The molecule has 0 unspecified atom stereocenters. The van der Waals surface area contributed by atoms with Crippen molar-refractivity contribution < 1.29 is 38.1 Å². The Bertz CT molecular complexity index is 558. The third-order valence-corrected chi connectivity index (χ3v) is 5.49. The molecule has 0 aromatic carbocycles. The highest BCUT2D eigenvalue weighted by Crippen LogP contribution is 2.17. The molecule has 0 saturated carbocycles. The van der Waals surface area contributed by atoms with Gasteiger partial charge in [0.1, 0.15) is 11.6 Å². The Morgan fingerprint density at radius 1 is 0.545 bits per heavy atom. The first-order chi connectivity index (χ1) is 15.4. The van der Waals surface area contributed by atoms with Crippen molar-refractivity contribution in [1.29, 1.82) is 0 Å². The maximum atomic E-state index is 11.7. The van der Waals surface area contributed by atoms with Crippen molar-refractivity contribution in [3.63, 3.8) is 0 Å². The standard InChI is InChI=1S/C25H44O8/c1-20(26)24(3,4)18-30-14-10-12-22(28)32-16-8-7-9-17-33-23(29)13-11-15-31-19-25(5,6)21(2)27/h7-19H2,1-6H3. The molecule has 0 aliphatic heterocycles. The van der Waals surface area contributed by atoms with Crippen LogP contribution in [-0.2, 0) is 38.1 Å². The molecule has 0 N–H and O–H groups in total. The number of unbranched alkanes of at least 4 members (excludes halogenated alkanes) is 2. The molecule has 0 atom stereocenters. The molecule has 0 fully saturated rings. The van der Waals surface area contributed by atoms with Crippen LogP contribution in [0.2, 0.25) is 0 Å². The molecule has 0 radical (unpaired) electrons. The van der Waals surface area contributed by atoms with Gasteiger partial charge in [-0.1, -0.05) is 27.7 Å². The first-order valence-corrected chi connectivity index (χ1v) is 11.9. The molecule has 8 heteroatoms. The summed E-state index contributed by atoms with van der Waals surface area (Å²) in [7, 11) is 0. The van der Waals surface area contributed by atoms with Gasteiger partial charge in [-0.2, -0.15) is 0 Å². The monoisotopic (exact) mass is 472 g/mol. The number of rotatable bonds is 20. The maximum absolute atomic E-state index is 11.7. The molecule has 192 valence electrons. The van der Waals surface area contributed by atoms with E-state index in [1.165, 1.54) is 0 Å². The Hall–Kier alpha value is -1.80. The van der Waals surface area contributed by atoms with Crippen LogP contribution in [0.1, 0.15) is 86.5 Å². The van der Waals surface area contributed by atoms with Crippen molar-refractivity contribution in [3.8, 4) is 0 Å². The summed E-state index contributed by atoms with van der Waals surface area (Å²) in [5.74, 6) is -0.365. The molecule has 0 aromatic rings. The van der Waals surface area contributed by atoms with Crippen LogP contribution in [0, 0.1) is 10.8 Å². The molecule has 0 amide bonds. The molecule has 33 heavy (non-hydrogen) atoms. The van der Waals surface area contributed by atoms with Crippen LogP contribution in [0.25, 0.3) is 0 Å². The average Bonchev–Trinajstić information content (AvgIpc) is 2.72. The van der Waals surface area contributed by atoms with E-state index in [1.54, 1.807) is 13.8 Å². The minimum atomic E-state index is -0.502. The highest BCUT2D eigenvalue weighted by Gasteiger charge is 2.24. The second-order valence-electron chi connectivity index (χ2n) is 9.69. The van der Waals surface area contributed by atoms with Gasteiger partial charge in [-0.25, -0.2) is 0 Å². The topological polar surface area (TPSA) is 105 Å². The van der Waals surface area contributed by atoms with Gasteiger partial charge in [0.15, 0.2) is 0 Å². The number of carbonyl (C=O) groups is 4. The zero-order valence-electron chi connectivity index (χ0n) is 21.5. The second kappa shape index (κ2) is 16.8. The lowest BCUT2D eigenvalue weighted by Gasteiger charge is -2.20. The van der Waals surface area contributed by atoms with Gasteiger partial charge in [-0.3, -0.25) is 19.2 Å². The molecular weight excluding hydrogens is 428 g/mol. The molecule has 0 rings (SSSR count). The van der Waals surface area contributed by atoms with Crippen LogP contribution in [0.3, 0.4) is 0 Å². The number of ketones is 2. The minimum Gasteiger partial charge on any atom is -0.466 e. The van der Waals surface area contributed by atoms with E-state index in [9.17, 15) is 19.2 Å². The van der Waals surface area contributed by atoms with E-state index in [0.717, 1.165) is 6.42 Å². The van der Waals surface area contributed by atoms with Gasteiger partial charge in [-0.05, 0) is 46.0 Å². The van der Waals surface area contributed by atoms with Gasteiger partial charge in [0, 0.05) is 36.9 Å². The highest BCUT2D eigenvalue weighted by molar-refractivity contribution is 5.82. The van der Waals surface area contributed by atoms with Crippen molar-refractivity contribution in [3.05, 3.63) is 0 Å². The Labute approximate surface area is 199 Å². The Morgan fingerprint density at radius 2 is 0.909 bits per heavy atom. The predicted octanol–water partition coefficient (Wildman–Crippen LogP) is 4.07. The van der Waals surface area contributed by atoms with Gasteiger partial charge in [0.2, 0.25) is 0 Å². The first kappa shape index (κ1) is 31.2. The van der Waals surface area contributed by atoms with E-state index >= 15 is 0 Å². The van der Waals surface area contributed by atoms with E-state index in [4.69, 9.17) is 18.9 Å². The predicted molar refractivity (Wildman–Crippen MR) is 125 cm³/mol. The molecule has 0 saturated heterocycles. The largest absolute Gasteiger partial charge is 0.466 e. The summed E-state index contributed by atoms with van der Waals surface area (Å²) in [6.45, 7) is 12.6. The van der Waals surface area contributed by atoms with Crippen molar-refractivity contribution in [2.24, 2.45) is 10.8 Å². The van der Waals surface area contributed by atoms with Gasteiger partial charge >= 0.3 is 11.9 Å². The summed E-state index contributed by atoms with van der Waals surface area (Å²) in [5.41, 5.74) is -1.00. The molecule has 0 aliphatic carbocycles. The zero-order chi connectivity index (χ0) is 25.3. The SMILES string of the molecule is CC(=O)C(C)(C)COCCCC(=O)OCCCCCOC(=O)CCCOCC(C)(C)C(C)=O. The molecule has 0 bridgehead atoms. The first-order valence-electron chi connectivity index (χ1n) is 11.9. The summed E-state index contributed by atoms with van der Waals surface area (Å²) in [6.07, 6.45) is 3.92. The lowest BCUT2D eigenvalue weighted by Crippen LogP contribution is -2.27. The summed E-state index contributed by atoms with van der Waals surface area (Å²) >= 11 is 0. The van der Waals surface area contributed by atoms with Crippen molar-refractivity contribution in [1.82, 2.24) is 0 Å². The molecule has 8 nitrogen and oxygen atoms in total. The van der Waals surface area contributed by atoms with E-state index in [0.29, 0.717) is 65.3 Å². The van der Waals surface area contributed by atoms with Crippen molar-refractivity contribution in [2.75, 3.05) is 39.6 Å². The molecule has 0 aromatic heterocycles. The normalized spacial score (nSPS) is 11.8. The summed E-state index contributed by atoms with van der Waals surface area (Å²) in [6, 6.07) is 0. The number of Topliss-reactive ketones (excluding diaryl/α,β-unsaturated/α-hetero) is 2. The maximum Gasteiger partial charge on any atom is 0.305 e. The molecular formula is C25H44O8. The van der Waals surface area contributed by atoms with Crippen molar-refractivity contribution >= 4 is 23.5 Å². The summed E-state index contributed by atoms with van der Waals surface area (Å²) in [4.78, 5) is 46.2. The highest BCUT2D eigenvalue weighted by atomic mass is 16.5. The fraction of sp³-hybridized carbons (Fsp3) is 0.840. The number of hydrogen-bond acceptors (Lipinski definition) is 8. The summed E-state index contributed by atoms with van der Waals surface area (Å²) in [5, 5.41) is 0. The van der Waals surface area contributed by atoms with Crippen LogP contribution < -0.4 is 0 Å². The minimum absolute atomic E-state index is 0.0768. The second-order valence-corrected chi connectivity index (χ2v) is 9.69.